The van der Waals surface area contributed by atoms with Gasteiger partial charge in [-0.25, -0.2) is 0 Å². The summed E-state index contributed by atoms with van der Waals surface area (Å²) < 4.78 is 2.46. The third-order valence-electron chi connectivity index (χ3n) is 10.6. The van der Waals surface area contributed by atoms with Crippen molar-refractivity contribution < 1.29 is 0 Å². The molecule has 238 valence electrons. The highest BCUT2D eigenvalue weighted by molar-refractivity contribution is 6.09. The molecule has 10 rings (SSSR count). The van der Waals surface area contributed by atoms with Crippen LogP contribution in [0.1, 0.15) is 29.5 Å². The Kier molecular flexibility index (Phi) is 6.76. The Morgan fingerprint density at radius 3 is 2.08 bits per heavy atom. The van der Waals surface area contributed by atoms with Crippen LogP contribution in [-0.4, -0.2) is 15.6 Å². The topological polar surface area (TPSA) is 21.1 Å². The lowest BCUT2D eigenvalue weighted by molar-refractivity contribution is 0.745. The highest BCUT2D eigenvalue weighted by atomic mass is 15.2. The molecule has 0 amide bonds. The number of hydrogen-bond donors (Lipinski definition) is 0. The molecule has 0 N–H and O–H groups in total. The number of allylic oxidation sites excluding steroid dienone is 6. The molecule has 3 heteroatoms. The first kappa shape index (κ1) is 28.8. The van der Waals surface area contributed by atoms with E-state index >= 15 is 0 Å². The van der Waals surface area contributed by atoms with Crippen molar-refractivity contribution in [2.75, 3.05) is 4.90 Å². The van der Waals surface area contributed by atoms with Crippen LogP contribution in [0.15, 0.2) is 182 Å². The summed E-state index contributed by atoms with van der Waals surface area (Å²) >= 11 is 0. The van der Waals surface area contributed by atoms with Gasteiger partial charge in [-0.2, -0.15) is 0 Å². The number of rotatable bonds is 5. The molecule has 0 spiro atoms. The second-order valence-electron chi connectivity index (χ2n) is 13.5. The molecular formula is C47H35N3. The van der Waals surface area contributed by atoms with Crippen molar-refractivity contribution in [1.82, 2.24) is 9.55 Å². The highest BCUT2D eigenvalue weighted by Gasteiger charge is 2.37. The summed E-state index contributed by atoms with van der Waals surface area (Å²) in [6.07, 6.45) is 18.9. The van der Waals surface area contributed by atoms with Gasteiger partial charge in [0.2, 0.25) is 0 Å². The van der Waals surface area contributed by atoms with Crippen LogP contribution in [0.3, 0.4) is 0 Å². The van der Waals surface area contributed by atoms with Gasteiger partial charge >= 0.3 is 0 Å². The number of aromatic nitrogens is 2. The van der Waals surface area contributed by atoms with Gasteiger partial charge in [-0.1, -0.05) is 134 Å². The lowest BCUT2D eigenvalue weighted by Gasteiger charge is -2.30. The number of para-hydroxylation sites is 3. The van der Waals surface area contributed by atoms with Crippen LogP contribution in [0.2, 0.25) is 0 Å². The van der Waals surface area contributed by atoms with Crippen molar-refractivity contribution in [3.05, 3.63) is 193 Å². The summed E-state index contributed by atoms with van der Waals surface area (Å²) in [5.41, 5.74) is 12.9. The lowest BCUT2D eigenvalue weighted by Crippen LogP contribution is -2.28. The fraction of sp³-hybridized carbons (Fsp3) is 0.0851. The molecule has 7 aromatic rings. The van der Waals surface area contributed by atoms with Gasteiger partial charge in [0.05, 0.1) is 28.5 Å². The van der Waals surface area contributed by atoms with Crippen molar-refractivity contribution in [1.29, 1.82) is 0 Å². The standard InChI is InChI=1S/C47H35N3/c1-3-15-32(16-4-1)41-29-34(30-42(48-41)33-17-5-2-6-18-33)40-31-35(49-43-23-11-7-19-36(43)37-20-8-12-24-44(37)49)27-28-47(40)50-45-25-13-9-21-38(45)39-22-10-14-26-46(39)50/h1-17,19-31,33,36,43H,18H2. The van der Waals surface area contributed by atoms with Crippen LogP contribution in [0.4, 0.5) is 11.4 Å². The molecule has 3 aliphatic rings. The minimum absolute atomic E-state index is 0.215. The summed E-state index contributed by atoms with van der Waals surface area (Å²) in [6, 6.07) is 49.0. The van der Waals surface area contributed by atoms with Crippen LogP contribution in [-0.2, 0) is 0 Å². The second-order valence-corrected chi connectivity index (χ2v) is 13.5. The van der Waals surface area contributed by atoms with E-state index in [0.29, 0.717) is 5.92 Å². The first-order valence-electron chi connectivity index (χ1n) is 17.6. The monoisotopic (exact) mass is 641 g/mol. The van der Waals surface area contributed by atoms with E-state index in [0.717, 1.165) is 29.1 Å². The lowest BCUT2D eigenvalue weighted by atomic mass is 9.91. The number of fused-ring (bicyclic) bond motifs is 6. The highest BCUT2D eigenvalue weighted by Crippen LogP contribution is 2.49. The molecule has 0 radical (unpaired) electrons. The Labute approximate surface area is 292 Å². The number of nitrogens with zero attached hydrogens (tertiary/aromatic N) is 3. The fourth-order valence-electron chi connectivity index (χ4n) is 8.33. The minimum atomic E-state index is 0.215. The van der Waals surface area contributed by atoms with E-state index < -0.39 is 0 Å². The van der Waals surface area contributed by atoms with Crippen LogP contribution in [0.5, 0.6) is 0 Å². The normalized spacial score (nSPS) is 19.0. The summed E-state index contributed by atoms with van der Waals surface area (Å²) in [5, 5.41) is 2.51. The van der Waals surface area contributed by atoms with E-state index in [9.17, 15) is 0 Å². The van der Waals surface area contributed by atoms with Gasteiger partial charge < -0.3 is 9.47 Å². The molecular weight excluding hydrogens is 607 g/mol. The molecule has 3 unspecified atom stereocenters. The van der Waals surface area contributed by atoms with Gasteiger partial charge in [-0.05, 0) is 66.1 Å². The molecule has 0 saturated heterocycles. The Bertz CT molecular complexity index is 2490. The van der Waals surface area contributed by atoms with Gasteiger partial charge in [-0.15, -0.1) is 0 Å². The second kappa shape index (κ2) is 11.7. The number of anilines is 2. The molecule has 3 nitrogen and oxygen atoms in total. The summed E-state index contributed by atoms with van der Waals surface area (Å²) in [6.45, 7) is 0. The van der Waals surface area contributed by atoms with Crippen LogP contribution < -0.4 is 4.90 Å². The average molecular weight is 642 g/mol. The third-order valence-corrected chi connectivity index (χ3v) is 10.6. The summed E-state index contributed by atoms with van der Waals surface area (Å²) in [4.78, 5) is 7.85. The first-order chi connectivity index (χ1) is 24.8. The maximum atomic E-state index is 5.31. The largest absolute Gasteiger partial charge is 0.333 e. The third kappa shape index (κ3) is 4.62. The summed E-state index contributed by atoms with van der Waals surface area (Å²) in [7, 11) is 0. The molecule has 0 fully saturated rings. The molecule has 1 aliphatic heterocycles. The maximum Gasteiger partial charge on any atom is 0.0711 e. The predicted molar refractivity (Wildman–Crippen MR) is 208 cm³/mol. The smallest absolute Gasteiger partial charge is 0.0711 e. The molecule has 5 aromatic carbocycles. The zero-order valence-electron chi connectivity index (χ0n) is 27.6. The SMILES string of the molecule is C1=CCC(c2cc(-c3cc(N4c5ccccc5C5C=CC=CC54)ccc3-n3c4ccccc4c4ccccc43)cc(-c3ccccc3)n2)C=C1. The Hall–Kier alpha value is -6.19. The maximum absolute atomic E-state index is 5.31. The molecule has 0 saturated carbocycles. The summed E-state index contributed by atoms with van der Waals surface area (Å²) in [5.74, 6) is 0.535. The van der Waals surface area contributed by atoms with Gasteiger partial charge in [0.15, 0.2) is 0 Å². The van der Waals surface area contributed by atoms with E-state index in [-0.39, 0.29) is 12.0 Å². The van der Waals surface area contributed by atoms with Crippen molar-refractivity contribution in [3.8, 4) is 28.1 Å². The van der Waals surface area contributed by atoms with E-state index in [2.05, 4.69) is 192 Å². The zero-order valence-corrected chi connectivity index (χ0v) is 27.6. The quantitative estimate of drug-likeness (QED) is 0.186. The van der Waals surface area contributed by atoms with Gasteiger partial charge in [0.25, 0.3) is 0 Å². The Balaban J connectivity index is 1.26. The Morgan fingerprint density at radius 1 is 0.560 bits per heavy atom. The molecule has 2 aliphatic carbocycles. The van der Waals surface area contributed by atoms with E-state index in [1.807, 2.05) is 0 Å². The van der Waals surface area contributed by atoms with Crippen LogP contribution in [0.25, 0.3) is 49.9 Å². The molecule has 3 atom stereocenters. The van der Waals surface area contributed by atoms with Crippen molar-refractivity contribution in [2.45, 2.75) is 24.3 Å². The molecule has 3 heterocycles. The molecule has 2 aromatic heterocycles. The first-order valence-corrected chi connectivity index (χ1v) is 17.6. The number of pyridine rings is 1. The average Bonchev–Trinajstić information content (AvgIpc) is 3.71. The molecule has 50 heavy (non-hydrogen) atoms. The van der Waals surface area contributed by atoms with Crippen LogP contribution >= 0.6 is 0 Å². The van der Waals surface area contributed by atoms with Crippen molar-refractivity contribution in [2.24, 2.45) is 0 Å². The van der Waals surface area contributed by atoms with E-state index in [4.69, 9.17) is 4.98 Å². The number of benzene rings is 5. The van der Waals surface area contributed by atoms with Gasteiger partial charge in [0.1, 0.15) is 0 Å². The van der Waals surface area contributed by atoms with Crippen molar-refractivity contribution in [3.63, 3.8) is 0 Å². The fourth-order valence-corrected chi connectivity index (χ4v) is 8.33. The van der Waals surface area contributed by atoms with Crippen molar-refractivity contribution >= 4 is 33.2 Å². The number of hydrogen-bond acceptors (Lipinski definition) is 2. The zero-order chi connectivity index (χ0) is 33.0. The minimum Gasteiger partial charge on any atom is -0.333 e. The molecule has 0 bridgehead atoms. The van der Waals surface area contributed by atoms with E-state index in [1.165, 1.54) is 49.9 Å². The van der Waals surface area contributed by atoms with E-state index in [1.54, 1.807) is 0 Å². The van der Waals surface area contributed by atoms with Gasteiger partial charge in [-0.3, -0.25) is 4.98 Å². The van der Waals surface area contributed by atoms with Crippen LogP contribution in [0, 0.1) is 0 Å². The van der Waals surface area contributed by atoms with Gasteiger partial charge in [0, 0.05) is 50.8 Å². The Morgan fingerprint density at radius 2 is 1.28 bits per heavy atom. The predicted octanol–water partition coefficient (Wildman–Crippen LogP) is 11.8.